The van der Waals surface area contributed by atoms with E-state index in [1.165, 1.54) is 11.9 Å². The lowest BCUT2D eigenvalue weighted by Gasteiger charge is -2.37. The highest BCUT2D eigenvalue weighted by Gasteiger charge is 2.49. The van der Waals surface area contributed by atoms with E-state index in [9.17, 15) is 24.3 Å². The first-order valence-corrected chi connectivity index (χ1v) is 11.7. The van der Waals surface area contributed by atoms with Crippen molar-refractivity contribution >= 4 is 23.9 Å². The molecule has 0 radical (unpaired) electrons. The molecule has 2 aliphatic carbocycles. The predicted octanol–water partition coefficient (Wildman–Crippen LogP) is 1.91. The largest absolute Gasteiger partial charge is 0.480 e. The van der Waals surface area contributed by atoms with Crippen molar-refractivity contribution in [1.82, 2.24) is 15.1 Å². The van der Waals surface area contributed by atoms with Crippen LogP contribution in [0.4, 0.5) is 4.79 Å². The molecule has 1 saturated carbocycles. The molecule has 0 bridgehead atoms. The van der Waals surface area contributed by atoms with Crippen LogP contribution in [0.2, 0.25) is 0 Å². The molecule has 2 aromatic rings. The van der Waals surface area contributed by atoms with Crippen molar-refractivity contribution in [1.29, 1.82) is 0 Å². The van der Waals surface area contributed by atoms with Crippen molar-refractivity contribution in [2.45, 2.75) is 18.4 Å². The maximum Gasteiger partial charge on any atom is 0.407 e. The fourth-order valence-corrected chi connectivity index (χ4v) is 5.13. The van der Waals surface area contributed by atoms with Crippen LogP contribution in [0, 0.1) is 11.8 Å². The number of fused-ring (bicyclic) bond motifs is 3. The highest BCUT2D eigenvalue weighted by Crippen LogP contribution is 2.44. The number of aliphatic carboxylic acids is 1. The zero-order valence-electron chi connectivity index (χ0n) is 19.3. The summed E-state index contributed by atoms with van der Waals surface area (Å²) in [5, 5.41) is 12.2. The lowest BCUT2D eigenvalue weighted by molar-refractivity contribution is -0.159. The van der Waals surface area contributed by atoms with Crippen molar-refractivity contribution in [3.8, 4) is 11.1 Å². The number of rotatable bonds is 6. The lowest BCUT2D eigenvalue weighted by Crippen LogP contribution is -2.60. The first-order chi connectivity index (χ1) is 16.8. The van der Waals surface area contributed by atoms with Gasteiger partial charge in [-0.25, -0.2) is 9.59 Å². The Morgan fingerprint density at radius 1 is 1.06 bits per heavy atom. The number of nitrogens with zero attached hydrogens (tertiary/aromatic N) is 2. The summed E-state index contributed by atoms with van der Waals surface area (Å²) in [7, 11) is 1.53. The standard InChI is InChI=1S/C26H27N3O6/c1-28-12-22(25(32)33)29(13-23(28)30)24(31)20-10-15(20)11-27-26(34)35-14-21-18-8-4-2-6-16(18)17-7-3-5-9-19(17)21/h2-9,15,20-22H,10-14H2,1H3,(H,27,34)(H,32,33)/t15-,20-,22?/m1/s1. The van der Waals surface area contributed by atoms with Gasteiger partial charge in [-0.1, -0.05) is 48.5 Å². The van der Waals surface area contributed by atoms with E-state index in [0.717, 1.165) is 27.2 Å². The molecule has 2 N–H and O–H groups in total. The van der Waals surface area contributed by atoms with Crippen LogP contribution in [0.3, 0.4) is 0 Å². The summed E-state index contributed by atoms with van der Waals surface area (Å²) in [5.74, 6) is -2.31. The van der Waals surface area contributed by atoms with Gasteiger partial charge in [-0.3, -0.25) is 9.59 Å². The number of amides is 3. The summed E-state index contributed by atoms with van der Waals surface area (Å²) in [4.78, 5) is 51.3. The Balaban J connectivity index is 1.13. The Hall–Kier alpha value is -3.88. The van der Waals surface area contributed by atoms with Gasteiger partial charge in [0.1, 0.15) is 19.2 Å². The molecule has 3 atom stereocenters. The van der Waals surface area contributed by atoms with Crippen LogP contribution in [0.15, 0.2) is 48.5 Å². The molecule has 2 aromatic carbocycles. The van der Waals surface area contributed by atoms with E-state index in [0.29, 0.717) is 6.42 Å². The molecule has 35 heavy (non-hydrogen) atoms. The van der Waals surface area contributed by atoms with Gasteiger partial charge in [0.05, 0.1) is 6.54 Å². The molecule has 0 spiro atoms. The molecule has 5 rings (SSSR count). The molecule has 2 fully saturated rings. The van der Waals surface area contributed by atoms with Crippen LogP contribution >= 0.6 is 0 Å². The normalized spacial score (nSPS) is 22.9. The monoisotopic (exact) mass is 477 g/mol. The number of hydrogen-bond acceptors (Lipinski definition) is 5. The third-order valence-electron chi connectivity index (χ3n) is 7.21. The molecule has 9 heteroatoms. The maximum atomic E-state index is 12.9. The van der Waals surface area contributed by atoms with Gasteiger partial charge < -0.3 is 25.0 Å². The minimum Gasteiger partial charge on any atom is -0.480 e. The Labute approximate surface area is 202 Å². The highest BCUT2D eigenvalue weighted by molar-refractivity contribution is 5.93. The number of carboxylic acid groups (broad SMARTS) is 1. The van der Waals surface area contributed by atoms with Gasteiger partial charge in [-0.2, -0.15) is 0 Å². The summed E-state index contributed by atoms with van der Waals surface area (Å²) in [5.41, 5.74) is 4.56. The number of alkyl carbamates (subject to hydrolysis) is 1. The van der Waals surface area contributed by atoms with Crippen molar-refractivity contribution < 1.29 is 29.0 Å². The number of hydrogen-bond donors (Lipinski definition) is 2. The van der Waals surface area contributed by atoms with Gasteiger partial charge in [-0.05, 0) is 34.6 Å². The van der Waals surface area contributed by atoms with Crippen LogP contribution in [-0.4, -0.2) is 78.1 Å². The fraction of sp³-hybridized carbons (Fsp3) is 0.385. The van der Waals surface area contributed by atoms with E-state index in [4.69, 9.17) is 4.74 Å². The van der Waals surface area contributed by atoms with E-state index in [-0.39, 0.29) is 49.9 Å². The van der Waals surface area contributed by atoms with Crippen LogP contribution in [0.5, 0.6) is 0 Å². The molecule has 3 amide bonds. The summed E-state index contributed by atoms with van der Waals surface area (Å²) >= 11 is 0. The molecule has 1 aliphatic heterocycles. The number of carboxylic acids is 1. The van der Waals surface area contributed by atoms with Crippen LogP contribution in [-0.2, 0) is 19.1 Å². The van der Waals surface area contributed by atoms with Gasteiger partial charge >= 0.3 is 12.1 Å². The average Bonchev–Trinajstić information content (AvgIpc) is 3.57. The molecule has 3 aliphatic rings. The van der Waals surface area contributed by atoms with Crippen molar-refractivity contribution in [2.24, 2.45) is 11.8 Å². The van der Waals surface area contributed by atoms with Gasteiger partial charge in [0.2, 0.25) is 11.8 Å². The Kier molecular flexibility index (Phi) is 5.92. The number of likely N-dealkylation sites (N-methyl/N-ethyl adjacent to an activating group) is 1. The van der Waals surface area contributed by atoms with Gasteiger partial charge in [0, 0.05) is 25.4 Å². The van der Waals surface area contributed by atoms with E-state index >= 15 is 0 Å². The molecule has 1 saturated heterocycles. The third kappa shape index (κ3) is 4.34. The Bertz CT molecular complexity index is 1150. The number of carbonyl (C=O) groups is 4. The van der Waals surface area contributed by atoms with Crippen molar-refractivity contribution in [3.05, 3.63) is 59.7 Å². The fourth-order valence-electron chi connectivity index (χ4n) is 5.13. The van der Waals surface area contributed by atoms with Gasteiger partial charge in [-0.15, -0.1) is 0 Å². The zero-order chi connectivity index (χ0) is 24.7. The summed E-state index contributed by atoms with van der Waals surface area (Å²) in [6, 6.07) is 15.1. The van der Waals surface area contributed by atoms with E-state index in [1.807, 2.05) is 24.3 Å². The van der Waals surface area contributed by atoms with Crippen LogP contribution < -0.4 is 5.32 Å². The minimum absolute atomic E-state index is 0.0324. The minimum atomic E-state index is -1.13. The number of ether oxygens (including phenoxy) is 1. The quantitative estimate of drug-likeness (QED) is 0.657. The zero-order valence-corrected chi connectivity index (χ0v) is 19.3. The summed E-state index contributed by atoms with van der Waals surface area (Å²) < 4.78 is 5.53. The Morgan fingerprint density at radius 3 is 2.31 bits per heavy atom. The average molecular weight is 478 g/mol. The Morgan fingerprint density at radius 2 is 1.69 bits per heavy atom. The molecule has 182 valence electrons. The molecule has 9 nitrogen and oxygen atoms in total. The van der Waals surface area contributed by atoms with Crippen molar-refractivity contribution in [2.75, 3.05) is 33.3 Å². The van der Waals surface area contributed by atoms with Crippen LogP contribution in [0.1, 0.15) is 23.5 Å². The van der Waals surface area contributed by atoms with E-state index in [1.54, 1.807) is 0 Å². The first kappa shape index (κ1) is 22.9. The van der Waals surface area contributed by atoms with E-state index < -0.39 is 24.0 Å². The summed E-state index contributed by atoms with van der Waals surface area (Å²) in [6.07, 6.45) is -0.0156. The highest BCUT2D eigenvalue weighted by atomic mass is 16.5. The molecular formula is C26H27N3O6. The number of benzene rings is 2. The molecule has 1 heterocycles. The molecule has 0 aromatic heterocycles. The number of carbonyl (C=O) groups excluding carboxylic acids is 3. The second-order valence-electron chi connectivity index (χ2n) is 9.40. The first-order valence-electron chi connectivity index (χ1n) is 11.7. The smallest absolute Gasteiger partial charge is 0.407 e. The van der Waals surface area contributed by atoms with Crippen LogP contribution in [0.25, 0.3) is 11.1 Å². The summed E-state index contributed by atoms with van der Waals surface area (Å²) in [6.45, 7) is 0.188. The van der Waals surface area contributed by atoms with E-state index in [2.05, 4.69) is 29.6 Å². The number of piperazine rings is 1. The second kappa shape index (κ2) is 9.05. The molecule has 1 unspecified atom stereocenters. The third-order valence-corrected chi connectivity index (χ3v) is 7.21. The topological polar surface area (TPSA) is 116 Å². The van der Waals surface area contributed by atoms with Gasteiger partial charge in [0.15, 0.2) is 0 Å². The lowest BCUT2D eigenvalue weighted by atomic mass is 9.98. The van der Waals surface area contributed by atoms with Gasteiger partial charge in [0.25, 0.3) is 0 Å². The maximum absolute atomic E-state index is 12.9. The van der Waals surface area contributed by atoms with Crippen molar-refractivity contribution in [3.63, 3.8) is 0 Å². The SMILES string of the molecule is CN1CC(C(=O)O)N(C(=O)[C@@H]2C[C@@H]2CNC(=O)OCC2c3ccccc3-c3ccccc32)CC1=O. The second-order valence-corrected chi connectivity index (χ2v) is 9.40. The molecular weight excluding hydrogens is 450 g/mol. The number of nitrogens with one attached hydrogen (secondary N) is 1. The predicted molar refractivity (Wildman–Crippen MR) is 125 cm³/mol.